The highest BCUT2D eigenvalue weighted by atomic mass is 32.2. The Labute approximate surface area is 176 Å². The lowest BCUT2D eigenvalue weighted by Gasteiger charge is -2.37. The number of fused-ring (bicyclic) bond motifs is 1. The van der Waals surface area contributed by atoms with E-state index in [1.165, 1.54) is 16.5 Å². The van der Waals surface area contributed by atoms with E-state index < -0.39 is 0 Å². The number of rotatable bonds is 5. The normalized spacial score (nSPS) is 20.4. The number of anilines is 1. The summed E-state index contributed by atoms with van der Waals surface area (Å²) in [7, 11) is 0. The summed E-state index contributed by atoms with van der Waals surface area (Å²) >= 11 is 1.62. The van der Waals surface area contributed by atoms with Crippen LogP contribution in [0.5, 0.6) is 0 Å². The molecule has 0 aliphatic carbocycles. The predicted molar refractivity (Wildman–Crippen MR) is 117 cm³/mol. The van der Waals surface area contributed by atoms with Crippen molar-refractivity contribution < 1.29 is 9.18 Å². The Kier molecular flexibility index (Phi) is 6.11. The summed E-state index contributed by atoms with van der Waals surface area (Å²) in [5.74, 6) is -0.246. The van der Waals surface area contributed by atoms with Gasteiger partial charge in [-0.15, -0.1) is 11.8 Å². The van der Waals surface area contributed by atoms with Crippen LogP contribution in [-0.4, -0.2) is 48.8 Å². The minimum absolute atomic E-state index is 0.0183. The van der Waals surface area contributed by atoms with Gasteiger partial charge in [-0.05, 0) is 49.7 Å². The van der Waals surface area contributed by atoms with Gasteiger partial charge in [0.05, 0.1) is 11.3 Å². The van der Waals surface area contributed by atoms with Crippen LogP contribution >= 0.6 is 11.8 Å². The molecule has 0 aromatic heterocycles. The number of likely N-dealkylation sites (N-methyl/N-ethyl adjacent to an activating group) is 1. The molecule has 1 saturated heterocycles. The van der Waals surface area contributed by atoms with Crippen molar-refractivity contribution in [2.24, 2.45) is 0 Å². The smallest absolute Gasteiger partial charge is 0.234 e. The third-order valence-corrected chi connectivity index (χ3v) is 7.23. The first-order chi connectivity index (χ1) is 14.0. The molecule has 154 valence electrons. The number of thioether (sulfide) groups is 1. The van der Waals surface area contributed by atoms with Gasteiger partial charge in [0.15, 0.2) is 0 Å². The van der Waals surface area contributed by atoms with Gasteiger partial charge in [0.2, 0.25) is 5.91 Å². The number of piperazine rings is 1. The van der Waals surface area contributed by atoms with Gasteiger partial charge in [0, 0.05) is 42.3 Å². The predicted octanol–water partition coefficient (Wildman–Crippen LogP) is 3.86. The molecule has 2 unspecified atom stereocenters. The molecule has 2 aliphatic heterocycles. The average molecular weight is 414 g/mol. The molecule has 2 aliphatic rings. The van der Waals surface area contributed by atoms with E-state index >= 15 is 0 Å². The standard InChI is InChI=1S/C23H28FN3OS/c1-3-26-10-12-27(13-11-26)20-9-8-18(24)15-19(20)16(2)25-23(28)22-14-17-6-4-5-7-21(17)29-22/h4-9,15-16,22H,3,10-14H2,1-2H3,(H,25,28). The van der Waals surface area contributed by atoms with Crippen molar-refractivity contribution in [2.75, 3.05) is 37.6 Å². The molecule has 2 heterocycles. The molecule has 2 aromatic rings. The molecule has 1 N–H and O–H groups in total. The molecule has 0 saturated carbocycles. The fourth-order valence-electron chi connectivity index (χ4n) is 4.18. The second-order valence-corrected chi connectivity index (χ2v) is 9.02. The highest BCUT2D eigenvalue weighted by molar-refractivity contribution is 8.01. The Morgan fingerprint density at radius 2 is 1.97 bits per heavy atom. The molecule has 1 fully saturated rings. The summed E-state index contributed by atoms with van der Waals surface area (Å²) in [5, 5.41) is 3.01. The first-order valence-corrected chi connectivity index (χ1v) is 11.2. The number of carbonyl (C=O) groups is 1. The van der Waals surface area contributed by atoms with E-state index in [9.17, 15) is 9.18 Å². The van der Waals surface area contributed by atoms with Crippen LogP contribution in [0.1, 0.15) is 31.0 Å². The largest absolute Gasteiger partial charge is 0.369 e. The lowest BCUT2D eigenvalue weighted by molar-refractivity contribution is -0.121. The number of hydrogen-bond acceptors (Lipinski definition) is 4. The van der Waals surface area contributed by atoms with Crippen LogP contribution in [0.15, 0.2) is 47.4 Å². The second-order valence-electron chi connectivity index (χ2n) is 7.77. The van der Waals surface area contributed by atoms with E-state index in [0.29, 0.717) is 0 Å². The monoisotopic (exact) mass is 413 g/mol. The van der Waals surface area contributed by atoms with Crippen molar-refractivity contribution in [2.45, 2.75) is 36.5 Å². The number of nitrogens with zero attached hydrogens (tertiary/aromatic N) is 2. The van der Waals surface area contributed by atoms with Crippen LogP contribution in [0, 0.1) is 5.82 Å². The maximum atomic E-state index is 14.1. The van der Waals surface area contributed by atoms with E-state index in [1.54, 1.807) is 17.8 Å². The van der Waals surface area contributed by atoms with E-state index in [0.717, 1.165) is 50.4 Å². The van der Waals surface area contributed by atoms with Gasteiger partial charge >= 0.3 is 0 Å². The Morgan fingerprint density at radius 1 is 1.21 bits per heavy atom. The van der Waals surface area contributed by atoms with Gasteiger partial charge in [0.1, 0.15) is 5.82 Å². The molecule has 2 aromatic carbocycles. The molecule has 0 spiro atoms. The Morgan fingerprint density at radius 3 is 2.69 bits per heavy atom. The summed E-state index contributed by atoms with van der Waals surface area (Å²) in [6.07, 6.45) is 0.744. The first-order valence-electron chi connectivity index (χ1n) is 10.4. The molecular formula is C23H28FN3OS. The molecule has 2 atom stereocenters. The van der Waals surface area contributed by atoms with Gasteiger partial charge in [-0.25, -0.2) is 4.39 Å². The van der Waals surface area contributed by atoms with E-state index in [-0.39, 0.29) is 23.0 Å². The van der Waals surface area contributed by atoms with Crippen molar-refractivity contribution in [1.29, 1.82) is 0 Å². The number of amides is 1. The quantitative estimate of drug-likeness (QED) is 0.807. The number of hydrogen-bond donors (Lipinski definition) is 1. The zero-order valence-electron chi connectivity index (χ0n) is 17.0. The van der Waals surface area contributed by atoms with E-state index in [2.05, 4.69) is 34.2 Å². The first kappa shape index (κ1) is 20.2. The van der Waals surface area contributed by atoms with Gasteiger partial charge in [0.25, 0.3) is 0 Å². The summed E-state index contributed by atoms with van der Waals surface area (Å²) in [5.41, 5.74) is 3.10. The zero-order valence-corrected chi connectivity index (χ0v) is 17.8. The zero-order chi connectivity index (χ0) is 20.4. The minimum Gasteiger partial charge on any atom is -0.369 e. The topological polar surface area (TPSA) is 35.6 Å². The average Bonchev–Trinajstić information content (AvgIpc) is 3.18. The van der Waals surface area contributed by atoms with Crippen molar-refractivity contribution >= 4 is 23.4 Å². The minimum atomic E-state index is -0.264. The SMILES string of the molecule is CCN1CCN(c2ccc(F)cc2C(C)NC(=O)C2Cc3ccccc3S2)CC1. The van der Waals surface area contributed by atoms with Crippen molar-refractivity contribution in [1.82, 2.24) is 10.2 Å². The number of nitrogens with one attached hydrogen (secondary N) is 1. The molecule has 29 heavy (non-hydrogen) atoms. The Hall–Kier alpha value is -2.05. The van der Waals surface area contributed by atoms with Crippen LogP contribution in [0.25, 0.3) is 0 Å². The fraction of sp³-hybridized carbons (Fsp3) is 0.435. The van der Waals surface area contributed by atoms with Crippen LogP contribution in [-0.2, 0) is 11.2 Å². The van der Waals surface area contributed by atoms with Crippen LogP contribution in [0.2, 0.25) is 0 Å². The van der Waals surface area contributed by atoms with Crippen LogP contribution < -0.4 is 10.2 Å². The van der Waals surface area contributed by atoms with Crippen molar-refractivity contribution in [3.63, 3.8) is 0 Å². The molecule has 4 rings (SSSR count). The maximum Gasteiger partial charge on any atom is 0.234 e. The summed E-state index contributed by atoms with van der Waals surface area (Å²) in [6, 6.07) is 12.9. The summed E-state index contributed by atoms with van der Waals surface area (Å²) in [4.78, 5) is 18.8. The van der Waals surface area contributed by atoms with Gasteiger partial charge in [-0.3, -0.25) is 4.79 Å². The van der Waals surface area contributed by atoms with Gasteiger partial charge in [-0.2, -0.15) is 0 Å². The fourth-order valence-corrected chi connectivity index (χ4v) is 5.38. The van der Waals surface area contributed by atoms with Gasteiger partial charge in [-0.1, -0.05) is 25.1 Å². The van der Waals surface area contributed by atoms with Crippen molar-refractivity contribution in [3.05, 3.63) is 59.4 Å². The highest BCUT2D eigenvalue weighted by Gasteiger charge is 2.29. The van der Waals surface area contributed by atoms with Crippen LogP contribution in [0.3, 0.4) is 0 Å². The lowest BCUT2D eigenvalue weighted by Crippen LogP contribution is -2.46. The second kappa shape index (κ2) is 8.76. The van der Waals surface area contributed by atoms with Gasteiger partial charge < -0.3 is 15.1 Å². The van der Waals surface area contributed by atoms with E-state index in [1.807, 2.05) is 25.1 Å². The number of benzene rings is 2. The third-order valence-electron chi connectivity index (χ3n) is 5.91. The third kappa shape index (κ3) is 4.43. The molecule has 6 heteroatoms. The maximum absolute atomic E-state index is 14.1. The van der Waals surface area contributed by atoms with E-state index in [4.69, 9.17) is 0 Å². The number of carbonyl (C=O) groups excluding carboxylic acids is 1. The molecule has 0 radical (unpaired) electrons. The molecule has 0 bridgehead atoms. The Bertz CT molecular complexity index is 857. The molecule has 4 nitrogen and oxygen atoms in total. The Balaban J connectivity index is 1.46. The summed E-state index contributed by atoms with van der Waals surface area (Å²) in [6.45, 7) is 9.02. The highest BCUT2D eigenvalue weighted by Crippen LogP contribution is 2.37. The number of halogens is 1. The molecule has 1 amide bonds. The summed E-state index contributed by atoms with van der Waals surface area (Å²) < 4.78 is 14.1. The lowest BCUT2D eigenvalue weighted by atomic mass is 10.0. The molecular weight excluding hydrogens is 385 g/mol. The van der Waals surface area contributed by atoms with Crippen LogP contribution in [0.4, 0.5) is 10.1 Å². The van der Waals surface area contributed by atoms with Crippen molar-refractivity contribution in [3.8, 4) is 0 Å².